The lowest BCUT2D eigenvalue weighted by molar-refractivity contribution is 0.0957. The van der Waals surface area contributed by atoms with Crippen molar-refractivity contribution in [3.8, 4) is 22.9 Å². The molecule has 4 atom stereocenters. The first-order valence-corrected chi connectivity index (χ1v) is 12.7. The lowest BCUT2D eigenvalue weighted by atomic mass is 9.95. The third kappa shape index (κ3) is 3.40. The van der Waals surface area contributed by atoms with E-state index in [-0.39, 0.29) is 63.4 Å². The largest absolute Gasteiger partial charge is 0.493 e. The fourth-order valence-corrected chi connectivity index (χ4v) is 6.46. The van der Waals surface area contributed by atoms with Crippen LogP contribution in [-0.2, 0) is 0 Å². The summed E-state index contributed by atoms with van der Waals surface area (Å²) in [6.45, 7) is 6.36. The van der Waals surface area contributed by atoms with E-state index in [0.717, 1.165) is 18.9 Å². The highest BCUT2D eigenvalue weighted by Gasteiger charge is 2.51. The van der Waals surface area contributed by atoms with Gasteiger partial charge in [-0.2, -0.15) is 0 Å². The number of rotatable bonds is 3. The molecule has 0 radical (unpaired) electrons. The van der Waals surface area contributed by atoms with Crippen molar-refractivity contribution in [1.82, 2.24) is 20.6 Å². The number of ether oxygens (including phenoxy) is 2. The number of piperazine rings is 1. The number of amides is 1. The molecule has 0 spiro atoms. The first-order chi connectivity index (χ1) is 18.1. The molecule has 6 rings (SSSR count). The molecule has 3 aromatic rings. The van der Waals surface area contributed by atoms with Gasteiger partial charge in [0.2, 0.25) is 5.88 Å². The van der Waals surface area contributed by atoms with Gasteiger partial charge in [0.25, 0.3) is 5.91 Å². The Hall–Kier alpha value is -3.73. The molecule has 5 heterocycles. The van der Waals surface area contributed by atoms with E-state index in [1.54, 1.807) is 6.92 Å². The van der Waals surface area contributed by atoms with Crippen molar-refractivity contribution in [2.45, 2.75) is 57.3 Å². The fraction of sp³-hybridized carbons (Fsp3) is 0.444. The quantitative estimate of drug-likeness (QED) is 0.447. The maximum Gasteiger partial charge on any atom is 0.270 e. The molecule has 3 aliphatic heterocycles. The SMILES string of the molecule is CNC(=O)c1nc2c3c(nc(-c4cc(N)cc(F)c4OC)c(F)c3c1C)OC(C)C1C3CCC(C)(CN21)N3. The molecule has 1 aromatic carbocycles. The van der Waals surface area contributed by atoms with Crippen molar-refractivity contribution >= 4 is 28.2 Å². The number of nitrogens with zero attached hydrogens (tertiary/aromatic N) is 3. The zero-order chi connectivity index (χ0) is 27.1. The molecule has 200 valence electrons. The van der Waals surface area contributed by atoms with Crippen LogP contribution in [-0.4, -0.2) is 60.3 Å². The summed E-state index contributed by atoms with van der Waals surface area (Å²) in [5, 5.41) is 6.87. The van der Waals surface area contributed by atoms with Gasteiger partial charge in [-0.25, -0.2) is 18.7 Å². The molecule has 1 amide bonds. The summed E-state index contributed by atoms with van der Waals surface area (Å²) >= 11 is 0. The van der Waals surface area contributed by atoms with Crippen molar-refractivity contribution in [1.29, 1.82) is 0 Å². The minimum absolute atomic E-state index is 0.0476. The highest BCUT2D eigenvalue weighted by molar-refractivity contribution is 6.07. The number of carbonyl (C=O) groups is 1. The third-order valence-corrected chi connectivity index (χ3v) is 8.13. The average molecular weight is 525 g/mol. The molecule has 4 unspecified atom stereocenters. The molecule has 4 N–H and O–H groups in total. The number of nitrogens with two attached hydrogens (primary N) is 1. The van der Waals surface area contributed by atoms with Gasteiger partial charge in [-0.3, -0.25) is 4.79 Å². The van der Waals surface area contributed by atoms with E-state index in [4.69, 9.17) is 20.2 Å². The number of carbonyl (C=O) groups excluding carboxylic acids is 1. The number of aromatic nitrogens is 2. The van der Waals surface area contributed by atoms with Crippen LogP contribution in [0.25, 0.3) is 22.0 Å². The first-order valence-electron chi connectivity index (χ1n) is 12.7. The summed E-state index contributed by atoms with van der Waals surface area (Å²) < 4.78 is 43.1. The Labute approximate surface area is 218 Å². The number of hydrogen-bond donors (Lipinski definition) is 3. The predicted octanol–water partition coefficient (Wildman–Crippen LogP) is 3.31. The van der Waals surface area contributed by atoms with Gasteiger partial charge in [-0.1, -0.05) is 0 Å². The Morgan fingerprint density at radius 2 is 2.08 bits per heavy atom. The van der Waals surface area contributed by atoms with Gasteiger partial charge in [-0.05, 0) is 45.2 Å². The molecular weight excluding hydrogens is 494 g/mol. The Bertz CT molecular complexity index is 1510. The maximum absolute atomic E-state index is 16.6. The minimum Gasteiger partial charge on any atom is -0.493 e. The molecule has 38 heavy (non-hydrogen) atoms. The summed E-state index contributed by atoms with van der Waals surface area (Å²) in [4.78, 5) is 24.5. The lowest BCUT2D eigenvalue weighted by Crippen LogP contribution is -2.66. The number of pyridine rings is 2. The van der Waals surface area contributed by atoms with Gasteiger partial charge in [0.15, 0.2) is 17.4 Å². The van der Waals surface area contributed by atoms with Crippen molar-refractivity contribution in [2.24, 2.45) is 0 Å². The van der Waals surface area contributed by atoms with Crippen molar-refractivity contribution in [2.75, 3.05) is 31.3 Å². The van der Waals surface area contributed by atoms with E-state index < -0.39 is 17.5 Å². The standard InChI is InChI=1S/C27H30F2N6O3/c1-11-17-18-24(32-20(11)25(36)31-4)35-10-27(3)7-6-16(34-27)22(35)12(2)38-26(18)33-21(19(17)29)14-8-13(30)9-15(28)23(14)37-5/h8-9,12,16,22,34H,6-7,10,30H2,1-5H3,(H,31,36). The van der Waals surface area contributed by atoms with Crippen molar-refractivity contribution < 1.29 is 23.0 Å². The Morgan fingerprint density at radius 1 is 1.32 bits per heavy atom. The van der Waals surface area contributed by atoms with Gasteiger partial charge in [-0.15, -0.1) is 0 Å². The second-order valence-electron chi connectivity index (χ2n) is 10.7. The summed E-state index contributed by atoms with van der Waals surface area (Å²) in [5.74, 6) is -1.49. The van der Waals surface area contributed by atoms with E-state index in [1.807, 2.05) is 6.92 Å². The molecular formula is C27H30F2N6O3. The topological polar surface area (TPSA) is 115 Å². The minimum atomic E-state index is -0.741. The number of nitrogen functional groups attached to an aromatic ring is 1. The monoisotopic (exact) mass is 524 g/mol. The molecule has 2 fully saturated rings. The summed E-state index contributed by atoms with van der Waals surface area (Å²) in [6, 6.07) is 2.51. The number of nitrogens with one attached hydrogen (secondary N) is 2. The molecule has 0 saturated carbocycles. The van der Waals surface area contributed by atoms with Crippen LogP contribution in [0.4, 0.5) is 20.3 Å². The molecule has 0 aliphatic carbocycles. The first kappa shape index (κ1) is 24.6. The summed E-state index contributed by atoms with van der Waals surface area (Å²) in [6.07, 6.45) is 1.58. The summed E-state index contributed by atoms with van der Waals surface area (Å²) in [7, 11) is 2.80. The van der Waals surface area contributed by atoms with E-state index in [9.17, 15) is 9.18 Å². The van der Waals surface area contributed by atoms with Gasteiger partial charge >= 0.3 is 0 Å². The molecule has 3 aliphatic rings. The number of methoxy groups -OCH3 is 1. The Kier molecular flexibility index (Phi) is 5.43. The Morgan fingerprint density at radius 3 is 2.79 bits per heavy atom. The molecule has 2 saturated heterocycles. The van der Waals surface area contributed by atoms with Crippen LogP contribution in [0.15, 0.2) is 12.1 Å². The van der Waals surface area contributed by atoms with E-state index >= 15 is 4.39 Å². The zero-order valence-electron chi connectivity index (χ0n) is 21.9. The maximum atomic E-state index is 16.6. The van der Waals surface area contributed by atoms with Crippen LogP contribution in [0, 0.1) is 18.6 Å². The van der Waals surface area contributed by atoms with Crippen LogP contribution in [0.5, 0.6) is 11.6 Å². The van der Waals surface area contributed by atoms with Crippen LogP contribution in [0.2, 0.25) is 0 Å². The van der Waals surface area contributed by atoms with Crippen LogP contribution >= 0.6 is 0 Å². The van der Waals surface area contributed by atoms with Crippen LogP contribution in [0.3, 0.4) is 0 Å². The number of hydrogen-bond acceptors (Lipinski definition) is 8. The number of halogens is 2. The number of aryl methyl sites for hydroxylation is 1. The van der Waals surface area contributed by atoms with Gasteiger partial charge in [0.1, 0.15) is 23.3 Å². The Balaban J connectivity index is 1.71. The van der Waals surface area contributed by atoms with Crippen molar-refractivity contribution in [3.63, 3.8) is 0 Å². The van der Waals surface area contributed by atoms with E-state index in [0.29, 0.717) is 23.3 Å². The molecule has 11 heteroatoms. The highest BCUT2D eigenvalue weighted by Crippen LogP contribution is 2.48. The lowest BCUT2D eigenvalue weighted by Gasteiger charge is -2.46. The fourth-order valence-electron chi connectivity index (χ4n) is 6.46. The normalized spacial score (nSPS) is 25.6. The second-order valence-corrected chi connectivity index (χ2v) is 10.7. The van der Waals surface area contributed by atoms with E-state index in [1.165, 1.54) is 20.2 Å². The van der Waals surface area contributed by atoms with Gasteiger partial charge < -0.3 is 30.7 Å². The summed E-state index contributed by atoms with van der Waals surface area (Å²) in [5.41, 5.74) is 6.15. The number of fused-ring (bicyclic) bond motifs is 5. The molecule has 2 bridgehead atoms. The third-order valence-electron chi connectivity index (χ3n) is 8.13. The van der Waals surface area contributed by atoms with Crippen molar-refractivity contribution in [3.05, 3.63) is 35.0 Å². The second kappa shape index (κ2) is 8.39. The van der Waals surface area contributed by atoms with E-state index in [2.05, 4.69) is 27.4 Å². The van der Waals surface area contributed by atoms with Gasteiger partial charge in [0.05, 0.1) is 24.1 Å². The number of anilines is 2. The molecule has 9 nitrogen and oxygen atoms in total. The molecule has 2 aromatic heterocycles. The highest BCUT2D eigenvalue weighted by atomic mass is 19.1. The average Bonchev–Trinajstić information content (AvgIpc) is 3.12. The van der Waals surface area contributed by atoms with Gasteiger partial charge in [0, 0.05) is 42.3 Å². The van der Waals surface area contributed by atoms with Crippen LogP contribution in [0.1, 0.15) is 42.7 Å². The smallest absolute Gasteiger partial charge is 0.270 e. The predicted molar refractivity (Wildman–Crippen MR) is 140 cm³/mol. The zero-order valence-corrected chi connectivity index (χ0v) is 21.9. The number of benzene rings is 1. The van der Waals surface area contributed by atoms with Crippen LogP contribution < -0.4 is 30.7 Å².